The Bertz CT molecular complexity index is 799. The molecule has 0 fully saturated rings. The van der Waals surface area contributed by atoms with Crippen LogP contribution >= 0.6 is 0 Å². The number of nitrogens with two attached hydrogens (primary N) is 1. The number of hydrazine groups is 1. The van der Waals surface area contributed by atoms with Gasteiger partial charge in [-0.3, -0.25) is 4.79 Å². The number of carbonyl (C=O) groups is 1. The third-order valence-electron chi connectivity index (χ3n) is 3.28. The molecule has 0 saturated heterocycles. The third kappa shape index (κ3) is 4.89. The number of nitrogens with zero attached hydrogens (tertiary/aromatic N) is 2. The summed E-state index contributed by atoms with van der Waals surface area (Å²) in [5.74, 6) is 5.62. The standard InChI is InChI=1S/C14H12N4O.C4H8O2/c15-18-12-7-6-11(8-16-12)14-13(17-9-19-14)10-4-2-1-3-5-10;1-3(2)4(5)6/h1-9H,15H2,(H,16,18);3H,1-2H3,(H,5,6). The third-order valence-corrected chi connectivity index (χ3v) is 3.28. The highest BCUT2D eigenvalue weighted by molar-refractivity contribution is 5.76. The molecule has 0 atom stereocenters. The van der Waals surface area contributed by atoms with Crippen LogP contribution in [0.5, 0.6) is 0 Å². The van der Waals surface area contributed by atoms with Crippen LogP contribution in [0.15, 0.2) is 59.5 Å². The normalized spacial score (nSPS) is 10.1. The molecular formula is C18H20N4O3. The van der Waals surface area contributed by atoms with Gasteiger partial charge in [0.2, 0.25) is 0 Å². The molecular weight excluding hydrogens is 320 g/mol. The molecule has 130 valence electrons. The van der Waals surface area contributed by atoms with Crippen molar-refractivity contribution in [3.63, 3.8) is 0 Å². The molecule has 25 heavy (non-hydrogen) atoms. The number of carboxylic acid groups (broad SMARTS) is 1. The van der Waals surface area contributed by atoms with Crippen molar-refractivity contribution in [2.24, 2.45) is 11.8 Å². The summed E-state index contributed by atoms with van der Waals surface area (Å²) in [7, 11) is 0. The second kappa shape index (κ2) is 8.60. The van der Waals surface area contributed by atoms with Crippen molar-refractivity contribution in [2.75, 3.05) is 5.43 Å². The van der Waals surface area contributed by atoms with Crippen molar-refractivity contribution in [3.05, 3.63) is 55.1 Å². The Kier molecular flexibility index (Phi) is 6.25. The summed E-state index contributed by atoms with van der Waals surface area (Å²) >= 11 is 0. The first-order chi connectivity index (χ1) is 12.0. The smallest absolute Gasteiger partial charge is 0.305 e. The molecule has 4 N–H and O–H groups in total. The van der Waals surface area contributed by atoms with Crippen LogP contribution in [0.1, 0.15) is 13.8 Å². The number of anilines is 1. The van der Waals surface area contributed by atoms with Crippen molar-refractivity contribution in [1.82, 2.24) is 9.97 Å². The number of hydrogen-bond acceptors (Lipinski definition) is 6. The van der Waals surface area contributed by atoms with E-state index in [9.17, 15) is 4.79 Å². The van der Waals surface area contributed by atoms with Gasteiger partial charge in [0.05, 0.1) is 5.92 Å². The van der Waals surface area contributed by atoms with E-state index in [1.165, 1.54) is 6.39 Å². The second-order valence-electron chi connectivity index (χ2n) is 5.47. The van der Waals surface area contributed by atoms with Crippen LogP contribution in [0.4, 0.5) is 5.82 Å². The molecule has 3 aromatic rings. The Morgan fingerprint density at radius 2 is 1.80 bits per heavy atom. The van der Waals surface area contributed by atoms with E-state index in [-0.39, 0.29) is 5.92 Å². The fraction of sp³-hybridized carbons (Fsp3) is 0.167. The molecule has 0 radical (unpaired) electrons. The van der Waals surface area contributed by atoms with Gasteiger partial charge in [0.25, 0.3) is 0 Å². The lowest BCUT2D eigenvalue weighted by Gasteiger charge is -2.02. The molecule has 0 aliphatic heterocycles. The molecule has 0 aliphatic carbocycles. The Morgan fingerprint density at radius 1 is 1.12 bits per heavy atom. The molecule has 0 saturated carbocycles. The zero-order chi connectivity index (χ0) is 18.2. The van der Waals surface area contributed by atoms with Crippen molar-refractivity contribution in [2.45, 2.75) is 13.8 Å². The van der Waals surface area contributed by atoms with Gasteiger partial charge < -0.3 is 14.9 Å². The topological polar surface area (TPSA) is 114 Å². The molecule has 1 aromatic carbocycles. The Hall–Kier alpha value is -3.19. The van der Waals surface area contributed by atoms with Crippen LogP contribution < -0.4 is 11.3 Å². The number of rotatable bonds is 4. The minimum absolute atomic E-state index is 0.231. The van der Waals surface area contributed by atoms with Gasteiger partial charge in [0.15, 0.2) is 12.2 Å². The number of aromatic nitrogens is 2. The number of hydrogen-bond donors (Lipinski definition) is 3. The van der Waals surface area contributed by atoms with E-state index in [1.54, 1.807) is 26.1 Å². The molecule has 7 nitrogen and oxygen atoms in total. The molecule has 0 bridgehead atoms. The molecule has 0 spiro atoms. The highest BCUT2D eigenvalue weighted by Crippen LogP contribution is 2.30. The van der Waals surface area contributed by atoms with Gasteiger partial charge in [-0.2, -0.15) is 0 Å². The molecule has 7 heteroatoms. The summed E-state index contributed by atoms with van der Waals surface area (Å²) in [6, 6.07) is 13.5. The van der Waals surface area contributed by atoms with Gasteiger partial charge in [-0.25, -0.2) is 15.8 Å². The van der Waals surface area contributed by atoms with Crippen molar-refractivity contribution >= 4 is 11.8 Å². The summed E-state index contributed by atoms with van der Waals surface area (Å²) in [4.78, 5) is 18.1. The van der Waals surface area contributed by atoms with Gasteiger partial charge in [-0.05, 0) is 12.1 Å². The highest BCUT2D eigenvalue weighted by atomic mass is 16.4. The monoisotopic (exact) mass is 340 g/mol. The zero-order valence-corrected chi connectivity index (χ0v) is 14.0. The van der Waals surface area contributed by atoms with E-state index in [0.29, 0.717) is 11.6 Å². The van der Waals surface area contributed by atoms with E-state index in [2.05, 4.69) is 15.4 Å². The lowest BCUT2D eigenvalue weighted by molar-refractivity contribution is -0.140. The van der Waals surface area contributed by atoms with Gasteiger partial charge in [0.1, 0.15) is 11.5 Å². The van der Waals surface area contributed by atoms with Gasteiger partial charge >= 0.3 is 5.97 Å². The summed E-state index contributed by atoms with van der Waals surface area (Å²) in [6.07, 6.45) is 3.13. The van der Waals surface area contributed by atoms with Crippen molar-refractivity contribution < 1.29 is 14.3 Å². The summed E-state index contributed by atoms with van der Waals surface area (Å²) < 4.78 is 5.48. The number of oxazole rings is 1. The summed E-state index contributed by atoms with van der Waals surface area (Å²) in [5.41, 5.74) is 5.15. The maximum absolute atomic E-state index is 9.70. The maximum atomic E-state index is 9.70. The number of aliphatic carboxylic acids is 1. The lowest BCUT2D eigenvalue weighted by atomic mass is 10.1. The molecule has 2 aromatic heterocycles. The van der Waals surface area contributed by atoms with Gasteiger partial charge in [-0.1, -0.05) is 44.2 Å². The van der Waals surface area contributed by atoms with Crippen LogP contribution in [0, 0.1) is 5.92 Å². The minimum atomic E-state index is -0.741. The Labute approximate surface area is 145 Å². The summed E-state index contributed by atoms with van der Waals surface area (Å²) in [6.45, 7) is 3.28. The minimum Gasteiger partial charge on any atom is -0.481 e. The van der Waals surface area contributed by atoms with Crippen LogP contribution in [0.3, 0.4) is 0 Å². The fourth-order valence-electron chi connectivity index (χ4n) is 1.87. The molecule has 0 aliphatic rings. The number of nitrogen functional groups attached to an aromatic ring is 1. The average molecular weight is 340 g/mol. The van der Waals surface area contributed by atoms with Crippen LogP contribution in [0.25, 0.3) is 22.6 Å². The number of benzene rings is 1. The van der Waals surface area contributed by atoms with Crippen molar-refractivity contribution in [1.29, 1.82) is 0 Å². The molecule has 3 rings (SSSR count). The first-order valence-corrected chi connectivity index (χ1v) is 7.67. The fourth-order valence-corrected chi connectivity index (χ4v) is 1.87. The van der Waals surface area contributed by atoms with E-state index < -0.39 is 5.97 Å². The van der Waals surface area contributed by atoms with Crippen molar-refractivity contribution in [3.8, 4) is 22.6 Å². The predicted molar refractivity (Wildman–Crippen MR) is 95.5 cm³/mol. The first kappa shape index (κ1) is 18.2. The Morgan fingerprint density at radius 3 is 2.32 bits per heavy atom. The second-order valence-corrected chi connectivity index (χ2v) is 5.47. The van der Waals surface area contributed by atoms with Crippen LogP contribution in [-0.4, -0.2) is 21.0 Å². The largest absolute Gasteiger partial charge is 0.481 e. The average Bonchev–Trinajstić information content (AvgIpc) is 3.13. The predicted octanol–water partition coefficient (Wildman–Crippen LogP) is 3.42. The molecule has 0 unspecified atom stereocenters. The van der Waals surface area contributed by atoms with E-state index in [1.807, 2.05) is 36.4 Å². The number of pyridine rings is 1. The van der Waals surface area contributed by atoms with E-state index >= 15 is 0 Å². The lowest BCUT2D eigenvalue weighted by Crippen LogP contribution is -2.07. The zero-order valence-electron chi connectivity index (χ0n) is 14.0. The number of carboxylic acids is 1. The van der Waals surface area contributed by atoms with Crippen LogP contribution in [-0.2, 0) is 4.79 Å². The quantitative estimate of drug-likeness (QED) is 0.492. The van der Waals surface area contributed by atoms with E-state index in [0.717, 1.165) is 16.8 Å². The first-order valence-electron chi connectivity index (χ1n) is 7.67. The van der Waals surface area contributed by atoms with Gasteiger partial charge in [-0.15, -0.1) is 0 Å². The van der Waals surface area contributed by atoms with Crippen LogP contribution in [0.2, 0.25) is 0 Å². The maximum Gasteiger partial charge on any atom is 0.305 e. The molecule has 0 amide bonds. The summed E-state index contributed by atoms with van der Waals surface area (Å²) in [5, 5.41) is 7.99. The number of nitrogens with one attached hydrogen (secondary N) is 1. The van der Waals surface area contributed by atoms with Gasteiger partial charge in [0, 0.05) is 17.3 Å². The Balaban J connectivity index is 0.000000326. The molecule has 2 heterocycles. The highest BCUT2D eigenvalue weighted by Gasteiger charge is 2.12. The SMILES string of the molecule is CC(C)C(=O)O.NNc1ccc(-c2ocnc2-c2ccccc2)cn1. The van der Waals surface area contributed by atoms with E-state index in [4.69, 9.17) is 15.4 Å².